The summed E-state index contributed by atoms with van der Waals surface area (Å²) in [6, 6.07) is 1.52. The number of fused-ring (bicyclic) bond motifs is 1. The lowest BCUT2D eigenvalue weighted by Gasteiger charge is -2.14. The Balaban J connectivity index is 1.97. The summed E-state index contributed by atoms with van der Waals surface area (Å²) in [5, 5.41) is 7.70. The Bertz CT molecular complexity index is 758. The Morgan fingerprint density at radius 2 is 2.24 bits per heavy atom. The third-order valence-corrected chi connectivity index (χ3v) is 4.52. The molecule has 0 bridgehead atoms. The lowest BCUT2D eigenvalue weighted by atomic mass is 10.2. The van der Waals surface area contributed by atoms with E-state index in [1.54, 1.807) is 11.9 Å². The van der Waals surface area contributed by atoms with Gasteiger partial charge in [-0.1, -0.05) is 24.7 Å². The minimum absolute atomic E-state index is 0.0924. The van der Waals surface area contributed by atoms with Crippen molar-refractivity contribution < 1.29 is 9.53 Å². The second kappa shape index (κ2) is 9.47. The van der Waals surface area contributed by atoms with Gasteiger partial charge in [-0.3, -0.25) is 9.59 Å². The zero-order valence-electron chi connectivity index (χ0n) is 14.9. The topological polar surface area (TPSA) is 88.8 Å². The Morgan fingerprint density at radius 1 is 1.44 bits per heavy atom. The van der Waals surface area contributed by atoms with Crippen molar-refractivity contribution in [2.75, 3.05) is 38.3 Å². The molecule has 9 heteroatoms. The summed E-state index contributed by atoms with van der Waals surface area (Å²) >= 11 is 1.30. The first-order valence-electron chi connectivity index (χ1n) is 8.50. The molecule has 8 nitrogen and oxygen atoms in total. The van der Waals surface area contributed by atoms with Crippen LogP contribution in [0.1, 0.15) is 32.4 Å². The second-order valence-electron chi connectivity index (χ2n) is 5.67. The fraction of sp³-hybridized carbons (Fsp3) is 0.625. The molecule has 0 saturated carbocycles. The number of carbonyl (C=O) groups is 1. The predicted molar refractivity (Wildman–Crippen MR) is 98.5 cm³/mol. The number of anilines is 1. The minimum atomic E-state index is -0.190. The number of ether oxygens (including phenoxy) is 1. The Hall–Kier alpha value is -2.00. The molecule has 0 aliphatic carbocycles. The number of likely N-dealkylation sites (N-methyl/N-ethyl adjacent to an activating group) is 1. The second-order valence-corrected chi connectivity index (χ2v) is 6.61. The quantitative estimate of drug-likeness (QED) is 0.632. The van der Waals surface area contributed by atoms with Crippen molar-refractivity contribution in [2.24, 2.45) is 0 Å². The number of aromatic nitrogens is 3. The highest BCUT2D eigenvalue weighted by atomic mass is 32.1. The van der Waals surface area contributed by atoms with E-state index >= 15 is 0 Å². The molecule has 0 radical (unpaired) electrons. The van der Waals surface area contributed by atoms with Crippen LogP contribution in [0.15, 0.2) is 10.9 Å². The van der Waals surface area contributed by atoms with Crippen LogP contribution in [0.4, 0.5) is 5.13 Å². The van der Waals surface area contributed by atoms with Gasteiger partial charge in [-0.25, -0.2) is 4.98 Å². The van der Waals surface area contributed by atoms with Crippen LogP contribution in [0.25, 0.3) is 4.96 Å². The van der Waals surface area contributed by atoms with Crippen LogP contribution in [0.3, 0.4) is 0 Å². The van der Waals surface area contributed by atoms with E-state index in [9.17, 15) is 9.59 Å². The predicted octanol–water partition coefficient (Wildman–Crippen LogP) is 1.08. The zero-order valence-corrected chi connectivity index (χ0v) is 15.8. The van der Waals surface area contributed by atoms with E-state index in [-0.39, 0.29) is 18.0 Å². The normalized spacial score (nSPS) is 11.0. The van der Waals surface area contributed by atoms with Crippen LogP contribution in [-0.2, 0) is 16.0 Å². The van der Waals surface area contributed by atoms with Crippen LogP contribution in [-0.4, -0.2) is 53.9 Å². The summed E-state index contributed by atoms with van der Waals surface area (Å²) in [7, 11) is 1.77. The first-order valence-corrected chi connectivity index (χ1v) is 9.32. The summed E-state index contributed by atoms with van der Waals surface area (Å²) in [5.41, 5.74) is 0.585. The summed E-state index contributed by atoms with van der Waals surface area (Å²) in [6.07, 6.45) is 2.47. The van der Waals surface area contributed by atoms with E-state index in [2.05, 4.69) is 15.4 Å². The molecule has 0 fully saturated rings. The molecule has 25 heavy (non-hydrogen) atoms. The van der Waals surface area contributed by atoms with Crippen molar-refractivity contribution in [2.45, 2.75) is 33.1 Å². The number of nitrogens with zero attached hydrogens (tertiary/aromatic N) is 4. The fourth-order valence-corrected chi connectivity index (χ4v) is 3.16. The average Bonchev–Trinajstić information content (AvgIpc) is 3.00. The number of nitrogens with one attached hydrogen (secondary N) is 1. The highest BCUT2D eigenvalue weighted by Crippen LogP contribution is 2.20. The zero-order chi connectivity index (χ0) is 18.2. The van der Waals surface area contributed by atoms with Crippen molar-refractivity contribution in [1.29, 1.82) is 0 Å². The SMILES string of the molecule is CCCc1cc(=O)n2nc(N(C)CC(=O)NCCCOCC)sc2n1. The Morgan fingerprint density at radius 3 is 2.96 bits per heavy atom. The molecular formula is C16H25N5O3S. The van der Waals surface area contributed by atoms with Crippen LogP contribution < -0.4 is 15.8 Å². The van der Waals surface area contributed by atoms with E-state index in [1.165, 1.54) is 21.9 Å². The molecule has 2 aromatic heterocycles. The summed E-state index contributed by atoms with van der Waals surface area (Å²) < 4.78 is 6.52. The largest absolute Gasteiger partial charge is 0.382 e. The Labute approximate surface area is 150 Å². The molecule has 1 N–H and O–H groups in total. The molecule has 2 heterocycles. The average molecular weight is 367 g/mol. The van der Waals surface area contributed by atoms with Crippen molar-refractivity contribution >= 4 is 27.3 Å². The molecular weight excluding hydrogens is 342 g/mol. The molecule has 0 saturated heterocycles. The number of hydrogen-bond acceptors (Lipinski definition) is 7. The third-order valence-electron chi connectivity index (χ3n) is 3.49. The number of amides is 1. The van der Waals surface area contributed by atoms with Crippen molar-refractivity contribution in [1.82, 2.24) is 19.9 Å². The van der Waals surface area contributed by atoms with Gasteiger partial charge in [0.15, 0.2) is 0 Å². The van der Waals surface area contributed by atoms with Gasteiger partial charge < -0.3 is 15.0 Å². The van der Waals surface area contributed by atoms with E-state index in [1.807, 2.05) is 13.8 Å². The molecule has 1 amide bonds. The fourth-order valence-electron chi connectivity index (χ4n) is 2.27. The molecule has 138 valence electrons. The molecule has 0 spiro atoms. The minimum Gasteiger partial charge on any atom is -0.382 e. The highest BCUT2D eigenvalue weighted by molar-refractivity contribution is 7.20. The van der Waals surface area contributed by atoms with Crippen LogP contribution in [0, 0.1) is 0 Å². The van der Waals surface area contributed by atoms with Gasteiger partial charge in [-0.2, -0.15) is 4.52 Å². The maximum Gasteiger partial charge on any atom is 0.275 e. The lowest BCUT2D eigenvalue weighted by Crippen LogP contribution is -2.36. The lowest BCUT2D eigenvalue weighted by molar-refractivity contribution is -0.119. The number of carbonyl (C=O) groups excluding carboxylic acids is 1. The maximum absolute atomic E-state index is 12.1. The summed E-state index contributed by atoms with van der Waals surface area (Å²) in [6.45, 7) is 6.05. The third kappa shape index (κ3) is 5.50. The van der Waals surface area contributed by atoms with Gasteiger partial charge in [0, 0.05) is 38.6 Å². The highest BCUT2D eigenvalue weighted by Gasteiger charge is 2.14. The molecule has 0 aliphatic rings. The van der Waals surface area contributed by atoms with Crippen LogP contribution in [0.5, 0.6) is 0 Å². The molecule has 0 aliphatic heterocycles. The van der Waals surface area contributed by atoms with Crippen molar-refractivity contribution in [3.8, 4) is 0 Å². The van der Waals surface area contributed by atoms with Gasteiger partial charge in [-0.05, 0) is 19.8 Å². The number of rotatable bonds is 10. The smallest absolute Gasteiger partial charge is 0.275 e. The summed E-state index contributed by atoms with van der Waals surface area (Å²) in [4.78, 5) is 30.8. The monoisotopic (exact) mass is 367 g/mol. The first kappa shape index (κ1) is 19.3. The molecule has 0 unspecified atom stereocenters. The standard InChI is InChI=1S/C16H25N5O3S/c1-4-7-12-10-14(23)21-15(18-12)25-16(19-21)20(3)11-13(22)17-8-6-9-24-5-2/h10H,4-9,11H2,1-3H3,(H,17,22). The van der Waals surface area contributed by atoms with Gasteiger partial charge in [0.25, 0.3) is 5.56 Å². The summed E-state index contributed by atoms with van der Waals surface area (Å²) in [5.74, 6) is -0.0924. The van der Waals surface area contributed by atoms with Gasteiger partial charge in [-0.15, -0.1) is 5.10 Å². The molecule has 0 aromatic carbocycles. The van der Waals surface area contributed by atoms with Gasteiger partial charge >= 0.3 is 0 Å². The molecule has 2 rings (SSSR count). The van der Waals surface area contributed by atoms with Gasteiger partial charge in [0.1, 0.15) is 0 Å². The molecule has 2 aromatic rings. The number of hydrogen-bond donors (Lipinski definition) is 1. The number of aryl methyl sites for hydroxylation is 1. The van der Waals surface area contributed by atoms with Gasteiger partial charge in [0.2, 0.25) is 16.0 Å². The van der Waals surface area contributed by atoms with Crippen molar-refractivity contribution in [3.63, 3.8) is 0 Å². The van der Waals surface area contributed by atoms with E-state index in [4.69, 9.17) is 4.74 Å². The Kier molecular flexibility index (Phi) is 7.32. The van der Waals surface area contributed by atoms with E-state index < -0.39 is 0 Å². The van der Waals surface area contributed by atoms with E-state index in [0.29, 0.717) is 29.9 Å². The van der Waals surface area contributed by atoms with Crippen molar-refractivity contribution in [3.05, 3.63) is 22.1 Å². The first-order chi connectivity index (χ1) is 12.0. The molecule has 0 atom stereocenters. The van der Waals surface area contributed by atoms with Crippen LogP contribution in [0.2, 0.25) is 0 Å². The maximum atomic E-state index is 12.1. The van der Waals surface area contributed by atoms with Gasteiger partial charge in [0.05, 0.1) is 6.54 Å². The van der Waals surface area contributed by atoms with Crippen LogP contribution >= 0.6 is 11.3 Å². The van der Waals surface area contributed by atoms with E-state index in [0.717, 1.165) is 25.0 Å².